The molecule has 1 saturated heterocycles. The summed E-state index contributed by atoms with van der Waals surface area (Å²) >= 11 is 12.1. The fourth-order valence-corrected chi connectivity index (χ4v) is 5.31. The predicted octanol–water partition coefficient (Wildman–Crippen LogP) is 3.67. The van der Waals surface area contributed by atoms with E-state index in [0.29, 0.717) is 30.7 Å². The van der Waals surface area contributed by atoms with Crippen molar-refractivity contribution in [2.45, 2.75) is 25.2 Å². The van der Waals surface area contributed by atoms with Crippen molar-refractivity contribution >= 4 is 33.2 Å². The second-order valence-corrected chi connectivity index (χ2v) is 8.41. The van der Waals surface area contributed by atoms with E-state index < -0.39 is 10.0 Å². The Morgan fingerprint density at radius 3 is 2.24 bits per heavy atom. The molecule has 1 aromatic rings. The minimum atomic E-state index is -3.64. The number of rotatable bonds is 3. The van der Waals surface area contributed by atoms with Crippen molar-refractivity contribution in [3.8, 4) is 5.75 Å². The van der Waals surface area contributed by atoms with Gasteiger partial charge in [0, 0.05) is 19.2 Å². The number of piperidine rings is 1. The molecule has 1 heterocycles. The van der Waals surface area contributed by atoms with Crippen LogP contribution in [0.15, 0.2) is 17.0 Å². The number of hydrogen-bond acceptors (Lipinski definition) is 3. The molecule has 0 N–H and O–H groups in total. The summed E-state index contributed by atoms with van der Waals surface area (Å²) in [6, 6.07) is 2.80. The highest BCUT2D eigenvalue weighted by Gasteiger charge is 2.33. The Morgan fingerprint density at radius 1 is 1.14 bits per heavy atom. The quantitative estimate of drug-likeness (QED) is 0.834. The maximum Gasteiger partial charge on any atom is 0.244 e. The summed E-state index contributed by atoms with van der Waals surface area (Å²) in [4.78, 5) is 0.0382. The van der Waals surface area contributed by atoms with Crippen LogP contribution in [0.2, 0.25) is 10.0 Å². The van der Waals surface area contributed by atoms with Crippen LogP contribution in [0.5, 0.6) is 5.75 Å². The van der Waals surface area contributed by atoms with Crippen LogP contribution in [0.1, 0.15) is 20.3 Å². The molecular formula is C14H19Cl2NO3S. The van der Waals surface area contributed by atoms with E-state index in [1.807, 2.05) is 0 Å². The van der Waals surface area contributed by atoms with E-state index >= 15 is 0 Å². The topological polar surface area (TPSA) is 46.6 Å². The van der Waals surface area contributed by atoms with Gasteiger partial charge in [-0.05, 0) is 24.3 Å². The number of halogens is 2. The van der Waals surface area contributed by atoms with Crippen molar-refractivity contribution in [2.24, 2.45) is 11.8 Å². The van der Waals surface area contributed by atoms with Gasteiger partial charge in [0.25, 0.3) is 0 Å². The number of benzene rings is 1. The number of ether oxygens (including phenoxy) is 1. The first-order valence-corrected chi connectivity index (χ1v) is 8.98. The Labute approximate surface area is 136 Å². The van der Waals surface area contributed by atoms with Crippen molar-refractivity contribution < 1.29 is 13.2 Å². The third kappa shape index (κ3) is 3.47. The van der Waals surface area contributed by atoms with E-state index in [-0.39, 0.29) is 14.9 Å². The van der Waals surface area contributed by atoms with Crippen LogP contribution in [0.25, 0.3) is 0 Å². The highest BCUT2D eigenvalue weighted by Crippen LogP contribution is 2.36. The standard InChI is InChI=1S/C14H19Cl2NO3S/c1-9-4-10(2)8-17(7-9)21(18,19)14-6-11(15)13(20-3)5-12(14)16/h5-6,9-10H,4,7-8H2,1-3H3. The van der Waals surface area contributed by atoms with E-state index in [1.165, 1.54) is 23.5 Å². The average Bonchev–Trinajstić information content (AvgIpc) is 2.39. The van der Waals surface area contributed by atoms with Gasteiger partial charge in [-0.2, -0.15) is 4.31 Å². The second kappa shape index (κ2) is 6.32. The molecule has 2 rings (SSSR count). The molecule has 0 saturated carbocycles. The number of methoxy groups -OCH3 is 1. The lowest BCUT2D eigenvalue weighted by Gasteiger charge is -2.34. The lowest BCUT2D eigenvalue weighted by Crippen LogP contribution is -2.42. The van der Waals surface area contributed by atoms with Gasteiger partial charge in [-0.15, -0.1) is 0 Å². The minimum Gasteiger partial charge on any atom is -0.495 e. The largest absolute Gasteiger partial charge is 0.495 e. The Bertz CT molecular complexity index is 623. The van der Waals surface area contributed by atoms with Crippen molar-refractivity contribution in [2.75, 3.05) is 20.2 Å². The summed E-state index contributed by atoms with van der Waals surface area (Å²) < 4.78 is 32.1. The van der Waals surface area contributed by atoms with Crippen molar-refractivity contribution in [3.05, 3.63) is 22.2 Å². The molecule has 0 aliphatic carbocycles. The molecule has 0 aromatic heterocycles. The molecule has 0 radical (unpaired) electrons. The maximum absolute atomic E-state index is 12.8. The highest BCUT2D eigenvalue weighted by atomic mass is 35.5. The van der Waals surface area contributed by atoms with E-state index in [4.69, 9.17) is 27.9 Å². The van der Waals surface area contributed by atoms with E-state index in [0.717, 1.165) is 6.42 Å². The SMILES string of the molecule is COc1cc(Cl)c(S(=O)(=O)N2CC(C)CC(C)C2)cc1Cl. The zero-order chi connectivity index (χ0) is 15.8. The summed E-state index contributed by atoms with van der Waals surface area (Å²) in [5.74, 6) is 1.02. The summed E-state index contributed by atoms with van der Waals surface area (Å²) in [5, 5.41) is 0.362. The molecule has 0 bridgehead atoms. The van der Waals surface area contributed by atoms with Gasteiger partial charge >= 0.3 is 0 Å². The van der Waals surface area contributed by atoms with Crippen molar-refractivity contribution in [1.82, 2.24) is 4.31 Å². The predicted molar refractivity (Wildman–Crippen MR) is 84.7 cm³/mol. The lowest BCUT2D eigenvalue weighted by molar-refractivity contribution is 0.222. The van der Waals surface area contributed by atoms with Gasteiger partial charge in [-0.3, -0.25) is 0 Å². The fraction of sp³-hybridized carbons (Fsp3) is 0.571. The molecule has 1 aliphatic rings. The normalized spacial score (nSPS) is 24.0. The molecule has 4 nitrogen and oxygen atoms in total. The lowest BCUT2D eigenvalue weighted by atomic mass is 9.94. The zero-order valence-electron chi connectivity index (χ0n) is 12.3. The highest BCUT2D eigenvalue weighted by molar-refractivity contribution is 7.89. The summed E-state index contributed by atoms with van der Waals surface area (Å²) in [7, 11) is -2.19. The van der Waals surface area contributed by atoms with Crippen LogP contribution >= 0.6 is 23.2 Å². The van der Waals surface area contributed by atoms with E-state index in [9.17, 15) is 8.42 Å². The summed E-state index contributed by atoms with van der Waals surface area (Å²) in [5.41, 5.74) is 0. The van der Waals surface area contributed by atoms with Gasteiger partial charge in [0.05, 0.1) is 17.2 Å². The van der Waals surface area contributed by atoms with Crippen molar-refractivity contribution in [1.29, 1.82) is 0 Å². The smallest absolute Gasteiger partial charge is 0.244 e. The Balaban J connectivity index is 2.42. The maximum atomic E-state index is 12.8. The number of hydrogen-bond donors (Lipinski definition) is 0. The molecule has 1 aliphatic heterocycles. The molecule has 1 fully saturated rings. The van der Waals surface area contributed by atoms with Crippen LogP contribution in [0, 0.1) is 11.8 Å². The number of sulfonamides is 1. The molecular weight excluding hydrogens is 333 g/mol. The van der Waals surface area contributed by atoms with Gasteiger partial charge in [-0.1, -0.05) is 37.0 Å². The molecule has 2 unspecified atom stereocenters. The van der Waals surface area contributed by atoms with Gasteiger partial charge in [0.15, 0.2) is 0 Å². The van der Waals surface area contributed by atoms with E-state index in [2.05, 4.69) is 13.8 Å². The monoisotopic (exact) mass is 351 g/mol. The van der Waals surface area contributed by atoms with Gasteiger partial charge < -0.3 is 4.74 Å². The molecule has 1 aromatic carbocycles. The van der Waals surface area contributed by atoms with Crippen LogP contribution in [0.3, 0.4) is 0 Å². The van der Waals surface area contributed by atoms with Gasteiger partial charge in [0.1, 0.15) is 10.6 Å². The number of nitrogens with zero attached hydrogens (tertiary/aromatic N) is 1. The second-order valence-electron chi connectivity index (χ2n) is 5.69. The van der Waals surface area contributed by atoms with Crippen LogP contribution in [0.4, 0.5) is 0 Å². The van der Waals surface area contributed by atoms with Crippen LogP contribution in [-0.4, -0.2) is 32.9 Å². The first-order chi connectivity index (χ1) is 9.75. The Morgan fingerprint density at radius 2 is 1.71 bits per heavy atom. The van der Waals surface area contributed by atoms with Gasteiger partial charge in [-0.25, -0.2) is 8.42 Å². The third-order valence-electron chi connectivity index (χ3n) is 3.66. The molecule has 0 amide bonds. The van der Waals surface area contributed by atoms with Crippen LogP contribution < -0.4 is 4.74 Å². The Kier molecular flexibility index (Phi) is 5.08. The van der Waals surface area contributed by atoms with E-state index in [1.54, 1.807) is 0 Å². The van der Waals surface area contributed by atoms with Crippen LogP contribution in [-0.2, 0) is 10.0 Å². The third-order valence-corrected chi connectivity index (χ3v) is 6.25. The Hall–Kier alpha value is -0.490. The molecule has 7 heteroatoms. The first kappa shape index (κ1) is 16.9. The summed E-state index contributed by atoms with van der Waals surface area (Å²) in [6.07, 6.45) is 1.03. The average molecular weight is 352 g/mol. The molecule has 118 valence electrons. The molecule has 21 heavy (non-hydrogen) atoms. The van der Waals surface area contributed by atoms with Gasteiger partial charge in [0.2, 0.25) is 10.0 Å². The first-order valence-electron chi connectivity index (χ1n) is 6.79. The zero-order valence-corrected chi connectivity index (χ0v) is 14.6. The molecule has 2 atom stereocenters. The summed E-state index contributed by atoms with van der Waals surface area (Å²) in [6.45, 7) is 5.13. The minimum absolute atomic E-state index is 0.0382. The van der Waals surface area contributed by atoms with Crippen molar-refractivity contribution in [3.63, 3.8) is 0 Å². The molecule has 0 spiro atoms. The fourth-order valence-electron chi connectivity index (χ4n) is 2.81.